The SMILES string of the molecule is C=CC(=O)N(C)c1ccc(C(=O)N(C)C2CS(=O)(=O)C2(C)C)cc1. The van der Waals surface area contributed by atoms with Crippen LogP contribution in [0.25, 0.3) is 0 Å². The zero-order valence-corrected chi connectivity index (χ0v) is 15.1. The molecule has 1 saturated heterocycles. The summed E-state index contributed by atoms with van der Waals surface area (Å²) in [5, 5.41) is 0. The highest BCUT2D eigenvalue weighted by Crippen LogP contribution is 2.37. The Morgan fingerprint density at radius 2 is 1.75 bits per heavy atom. The molecule has 1 atom stereocenters. The van der Waals surface area contributed by atoms with Gasteiger partial charge in [0.2, 0.25) is 5.91 Å². The number of rotatable bonds is 4. The Labute approximate surface area is 142 Å². The number of sulfone groups is 1. The highest BCUT2D eigenvalue weighted by atomic mass is 32.2. The molecule has 0 bridgehead atoms. The Bertz CT molecular complexity index is 781. The van der Waals surface area contributed by atoms with Crippen molar-refractivity contribution in [3.8, 4) is 0 Å². The molecule has 7 heteroatoms. The van der Waals surface area contributed by atoms with Gasteiger partial charge in [-0.1, -0.05) is 6.58 Å². The lowest BCUT2D eigenvalue weighted by molar-refractivity contribution is -0.113. The van der Waals surface area contributed by atoms with Gasteiger partial charge >= 0.3 is 0 Å². The number of amides is 2. The van der Waals surface area contributed by atoms with Crippen LogP contribution < -0.4 is 4.90 Å². The van der Waals surface area contributed by atoms with Gasteiger partial charge in [0.05, 0.1) is 16.5 Å². The molecular weight excluding hydrogens is 328 g/mol. The molecule has 1 aliphatic rings. The number of carbonyl (C=O) groups is 2. The van der Waals surface area contributed by atoms with Crippen LogP contribution >= 0.6 is 0 Å². The minimum atomic E-state index is -3.15. The number of nitrogens with zero attached hydrogens (tertiary/aromatic N) is 2. The first-order chi connectivity index (χ1) is 11.0. The molecule has 0 aliphatic carbocycles. The first-order valence-corrected chi connectivity index (χ1v) is 9.18. The van der Waals surface area contributed by atoms with Crippen LogP contribution in [0.3, 0.4) is 0 Å². The third-order valence-corrected chi connectivity index (χ3v) is 7.41. The van der Waals surface area contributed by atoms with Crippen molar-refractivity contribution >= 4 is 27.3 Å². The smallest absolute Gasteiger partial charge is 0.253 e. The maximum atomic E-state index is 12.6. The standard InChI is InChI=1S/C17H22N2O4S/c1-6-15(20)18(4)13-9-7-12(8-10-13)16(21)19(5)14-11-24(22,23)17(14,2)3/h6-10,14H,1,11H2,2-5H3. The van der Waals surface area contributed by atoms with Crippen molar-refractivity contribution in [2.45, 2.75) is 24.6 Å². The van der Waals surface area contributed by atoms with E-state index in [2.05, 4.69) is 6.58 Å². The molecule has 0 N–H and O–H groups in total. The van der Waals surface area contributed by atoms with Gasteiger partial charge in [0.25, 0.3) is 5.91 Å². The van der Waals surface area contributed by atoms with E-state index in [1.165, 1.54) is 15.9 Å². The average molecular weight is 350 g/mol. The Morgan fingerprint density at radius 1 is 1.21 bits per heavy atom. The monoisotopic (exact) mass is 350 g/mol. The molecule has 1 unspecified atom stereocenters. The summed E-state index contributed by atoms with van der Waals surface area (Å²) in [6.07, 6.45) is 1.21. The van der Waals surface area contributed by atoms with Crippen molar-refractivity contribution in [3.05, 3.63) is 42.5 Å². The lowest BCUT2D eigenvalue weighted by Gasteiger charge is -2.48. The summed E-state index contributed by atoms with van der Waals surface area (Å²) in [5.41, 5.74) is 1.09. The lowest BCUT2D eigenvalue weighted by atomic mass is 10.0. The Morgan fingerprint density at radius 3 is 2.17 bits per heavy atom. The fourth-order valence-electron chi connectivity index (χ4n) is 2.75. The van der Waals surface area contributed by atoms with E-state index in [0.29, 0.717) is 11.3 Å². The quantitative estimate of drug-likeness (QED) is 0.771. The maximum absolute atomic E-state index is 12.6. The third-order valence-electron chi connectivity index (χ3n) is 4.78. The van der Waals surface area contributed by atoms with E-state index in [-0.39, 0.29) is 23.6 Å². The summed E-state index contributed by atoms with van der Waals surface area (Å²) in [7, 11) is 0.0881. The maximum Gasteiger partial charge on any atom is 0.253 e. The van der Waals surface area contributed by atoms with Crippen molar-refractivity contribution < 1.29 is 18.0 Å². The van der Waals surface area contributed by atoms with Gasteiger partial charge < -0.3 is 9.80 Å². The second kappa shape index (κ2) is 6.05. The summed E-state index contributed by atoms with van der Waals surface area (Å²) >= 11 is 0. The molecule has 1 heterocycles. The molecule has 24 heavy (non-hydrogen) atoms. The second-order valence-corrected chi connectivity index (χ2v) is 9.08. The second-order valence-electron chi connectivity index (χ2n) is 6.46. The minimum Gasteiger partial charge on any atom is -0.336 e. The minimum absolute atomic E-state index is 0.0170. The molecule has 6 nitrogen and oxygen atoms in total. The summed E-state index contributed by atoms with van der Waals surface area (Å²) in [4.78, 5) is 27.1. The Kier molecular flexibility index (Phi) is 4.59. The van der Waals surface area contributed by atoms with Crippen molar-refractivity contribution in [2.75, 3.05) is 24.7 Å². The van der Waals surface area contributed by atoms with E-state index < -0.39 is 14.6 Å². The van der Waals surface area contributed by atoms with Crippen LogP contribution in [0.1, 0.15) is 24.2 Å². The van der Waals surface area contributed by atoms with Gasteiger partial charge in [-0.3, -0.25) is 9.59 Å². The van der Waals surface area contributed by atoms with Gasteiger partial charge in [-0.25, -0.2) is 8.42 Å². The van der Waals surface area contributed by atoms with Crippen LogP contribution in [0, 0.1) is 0 Å². The van der Waals surface area contributed by atoms with Crippen LogP contribution in [-0.2, 0) is 14.6 Å². The van der Waals surface area contributed by atoms with Crippen LogP contribution in [0.2, 0.25) is 0 Å². The molecule has 0 radical (unpaired) electrons. The Balaban J connectivity index is 2.16. The first-order valence-electron chi connectivity index (χ1n) is 7.52. The number of hydrogen-bond donors (Lipinski definition) is 0. The van der Waals surface area contributed by atoms with Crippen molar-refractivity contribution in [1.82, 2.24) is 4.90 Å². The fourth-order valence-corrected chi connectivity index (χ4v) is 4.59. The summed E-state index contributed by atoms with van der Waals surface area (Å²) in [6, 6.07) is 6.25. The van der Waals surface area contributed by atoms with E-state index in [0.717, 1.165) is 0 Å². The topological polar surface area (TPSA) is 74.8 Å². The lowest BCUT2D eigenvalue weighted by Crippen LogP contribution is -2.67. The summed E-state index contributed by atoms with van der Waals surface area (Å²) < 4.78 is 22.7. The first kappa shape index (κ1) is 18.2. The van der Waals surface area contributed by atoms with E-state index in [9.17, 15) is 18.0 Å². The number of carbonyl (C=O) groups excluding carboxylic acids is 2. The fraction of sp³-hybridized carbons (Fsp3) is 0.412. The van der Waals surface area contributed by atoms with Crippen molar-refractivity contribution in [1.29, 1.82) is 0 Å². The molecule has 1 fully saturated rings. The largest absolute Gasteiger partial charge is 0.336 e. The molecule has 0 aromatic heterocycles. The van der Waals surface area contributed by atoms with E-state index in [1.54, 1.807) is 52.2 Å². The molecular formula is C17H22N2O4S. The predicted molar refractivity (Wildman–Crippen MR) is 93.8 cm³/mol. The van der Waals surface area contributed by atoms with Gasteiger partial charge in [0.15, 0.2) is 9.84 Å². The molecule has 1 aromatic carbocycles. The molecule has 1 aromatic rings. The van der Waals surface area contributed by atoms with Gasteiger partial charge in [-0.05, 0) is 44.2 Å². The third kappa shape index (κ3) is 2.84. The summed E-state index contributed by atoms with van der Waals surface area (Å²) in [5.74, 6) is -0.503. The molecule has 2 rings (SSSR count). The van der Waals surface area contributed by atoms with Crippen LogP contribution in [0.5, 0.6) is 0 Å². The molecule has 0 saturated carbocycles. The van der Waals surface area contributed by atoms with Gasteiger partial charge in [0.1, 0.15) is 0 Å². The van der Waals surface area contributed by atoms with Crippen LogP contribution in [0.4, 0.5) is 5.69 Å². The number of benzene rings is 1. The molecule has 0 spiro atoms. The van der Waals surface area contributed by atoms with Crippen LogP contribution in [-0.4, -0.2) is 55.8 Å². The average Bonchev–Trinajstić information content (AvgIpc) is 2.57. The summed E-state index contributed by atoms with van der Waals surface area (Å²) in [6.45, 7) is 6.71. The highest BCUT2D eigenvalue weighted by molar-refractivity contribution is 7.94. The highest BCUT2D eigenvalue weighted by Gasteiger charge is 2.56. The van der Waals surface area contributed by atoms with Crippen molar-refractivity contribution in [3.63, 3.8) is 0 Å². The predicted octanol–water partition coefficient (Wildman–Crippen LogP) is 1.48. The van der Waals surface area contributed by atoms with Gasteiger partial charge in [-0.15, -0.1) is 0 Å². The number of likely N-dealkylation sites (N-methyl/N-ethyl adjacent to an activating group) is 1. The van der Waals surface area contributed by atoms with Gasteiger partial charge in [-0.2, -0.15) is 0 Å². The normalized spacial score (nSPS) is 20.6. The molecule has 1 aliphatic heterocycles. The zero-order chi connectivity index (χ0) is 18.3. The number of anilines is 1. The molecule has 2 amide bonds. The van der Waals surface area contributed by atoms with Crippen molar-refractivity contribution in [2.24, 2.45) is 0 Å². The molecule has 130 valence electrons. The number of hydrogen-bond acceptors (Lipinski definition) is 4. The van der Waals surface area contributed by atoms with E-state index in [1.807, 2.05) is 0 Å². The van der Waals surface area contributed by atoms with E-state index >= 15 is 0 Å². The van der Waals surface area contributed by atoms with E-state index in [4.69, 9.17) is 0 Å². The van der Waals surface area contributed by atoms with Crippen LogP contribution in [0.15, 0.2) is 36.9 Å². The van der Waals surface area contributed by atoms with Gasteiger partial charge in [0, 0.05) is 25.3 Å². The zero-order valence-electron chi connectivity index (χ0n) is 14.3. The Hall–Kier alpha value is -2.15.